The number of anilines is 2. The van der Waals surface area contributed by atoms with Crippen LogP contribution in [0.4, 0.5) is 16.2 Å². The van der Waals surface area contributed by atoms with Gasteiger partial charge >= 0.3 is 29.6 Å². The average molecular weight is 467 g/mol. The van der Waals surface area contributed by atoms with Gasteiger partial charge in [0.25, 0.3) is 10.2 Å². The first-order chi connectivity index (χ1) is 14.8. The molecule has 0 unspecified atom stereocenters. The number of amides is 2. The van der Waals surface area contributed by atoms with Crippen LogP contribution in [0.2, 0.25) is 0 Å². The Hall–Kier alpha value is -1.59. The Morgan fingerprint density at radius 2 is 1.75 bits per heavy atom. The average Bonchev–Trinajstić information content (AvgIpc) is 3.40. The summed E-state index contributed by atoms with van der Waals surface area (Å²) in [5.74, 6) is 0. The largest absolute Gasteiger partial charge is 1.00 e. The summed E-state index contributed by atoms with van der Waals surface area (Å²) in [6, 6.07) is 1.16. The molecule has 1 aromatic heterocycles. The van der Waals surface area contributed by atoms with E-state index in [2.05, 4.69) is 21.2 Å². The Morgan fingerprint density at radius 1 is 1.12 bits per heavy atom. The third-order valence-corrected chi connectivity index (χ3v) is 7.88. The summed E-state index contributed by atoms with van der Waals surface area (Å²) in [5, 5.41) is 6.94. The Labute approximate surface area is 211 Å². The van der Waals surface area contributed by atoms with Crippen LogP contribution in [0.25, 0.3) is 4.72 Å². The molecule has 2 aromatic rings. The number of rotatable bonds is 5. The predicted octanol–water partition coefficient (Wildman–Crippen LogP) is -0.627. The zero-order valence-corrected chi connectivity index (χ0v) is 21.7. The van der Waals surface area contributed by atoms with Crippen molar-refractivity contribution in [1.29, 1.82) is 0 Å². The summed E-state index contributed by atoms with van der Waals surface area (Å²) in [4.78, 5) is 14.9. The molecule has 2 aliphatic carbocycles. The molecular weight excluding hydrogens is 439 g/mol. The fraction of sp³-hybridized carbons (Fsp3) is 0.524. The molecule has 0 radical (unpaired) electrons. The number of carbonyl (C=O) groups excluding carboxylic acids is 1. The number of likely N-dealkylation sites (N-methyl/N-ethyl adjacent to an activating group) is 1. The molecule has 1 aliphatic heterocycles. The van der Waals surface area contributed by atoms with Crippen LogP contribution in [0.5, 0.6) is 0 Å². The van der Waals surface area contributed by atoms with Crippen molar-refractivity contribution in [2.75, 3.05) is 29.8 Å². The van der Waals surface area contributed by atoms with Gasteiger partial charge < -0.3 is 14.9 Å². The molecule has 0 spiro atoms. The monoisotopic (exact) mass is 466 g/mol. The van der Waals surface area contributed by atoms with Crippen molar-refractivity contribution >= 4 is 27.6 Å². The number of likely N-dealkylation sites (tertiary alicyclic amines) is 1. The normalized spacial score (nSPS) is 17.8. The molecule has 3 aliphatic rings. The molecule has 2 heterocycles. The van der Waals surface area contributed by atoms with Gasteiger partial charge in [0.1, 0.15) is 0 Å². The molecule has 1 aromatic carbocycles. The third kappa shape index (κ3) is 4.31. The minimum Gasteiger partial charge on any atom is -0.423 e. The van der Waals surface area contributed by atoms with Crippen LogP contribution in [-0.2, 0) is 42.9 Å². The van der Waals surface area contributed by atoms with E-state index in [0.717, 1.165) is 55.3 Å². The standard InChI is InChI=1S/C21H28N6O3S.Na/c1-25-11-17(12-25)27(16-10-22-26(2)13-16)31(29,30)24-21(28)23-20-18-7-3-5-14(18)9-15-6-4-8-19(15)20;/h9-10,13,17H,3-8,11-12H2,1-2H3,(H2,23,24,28);/q;+1/p-1. The van der Waals surface area contributed by atoms with Gasteiger partial charge in [-0.2, -0.15) is 5.10 Å². The van der Waals surface area contributed by atoms with Crippen molar-refractivity contribution in [2.45, 2.75) is 44.6 Å². The molecule has 1 saturated heterocycles. The zero-order valence-electron chi connectivity index (χ0n) is 18.8. The van der Waals surface area contributed by atoms with Crippen molar-refractivity contribution in [2.24, 2.45) is 7.05 Å². The number of aromatic nitrogens is 2. The van der Waals surface area contributed by atoms with Gasteiger partial charge in [0.05, 0.1) is 17.9 Å². The topological polar surface area (TPSA) is 102 Å². The van der Waals surface area contributed by atoms with Crippen molar-refractivity contribution in [3.8, 4) is 0 Å². The maximum absolute atomic E-state index is 13.2. The Balaban J connectivity index is 0.00000245. The van der Waals surface area contributed by atoms with Crippen LogP contribution in [0.15, 0.2) is 18.5 Å². The summed E-state index contributed by atoms with van der Waals surface area (Å²) in [6.07, 6.45) is 9.04. The van der Waals surface area contributed by atoms with Gasteiger partial charge in [0.15, 0.2) is 6.03 Å². The number of aryl methyl sites for hydroxylation is 3. The number of fused-ring (bicyclic) bond motifs is 2. The molecule has 0 bridgehead atoms. The Kier molecular flexibility index (Phi) is 6.61. The molecule has 0 saturated carbocycles. The molecule has 5 rings (SSSR count). The smallest absolute Gasteiger partial charge is 0.423 e. The number of nitrogens with one attached hydrogen (secondary N) is 1. The summed E-state index contributed by atoms with van der Waals surface area (Å²) < 4.78 is 32.8. The first-order valence-electron chi connectivity index (χ1n) is 10.7. The first kappa shape index (κ1) is 23.6. The molecule has 2 amide bonds. The van der Waals surface area contributed by atoms with Gasteiger partial charge in [-0.05, 0) is 73.5 Å². The second-order valence-corrected chi connectivity index (χ2v) is 10.2. The summed E-state index contributed by atoms with van der Waals surface area (Å²) in [7, 11) is -0.581. The van der Waals surface area contributed by atoms with Crippen LogP contribution in [0.1, 0.15) is 35.1 Å². The molecule has 166 valence electrons. The van der Waals surface area contributed by atoms with Gasteiger partial charge in [-0.1, -0.05) is 6.07 Å². The van der Waals surface area contributed by atoms with E-state index < -0.39 is 16.2 Å². The second kappa shape index (κ2) is 8.98. The molecule has 11 heteroatoms. The number of benzene rings is 1. The number of carbonyl (C=O) groups is 1. The molecule has 1 N–H and O–H groups in total. The first-order valence-corrected chi connectivity index (χ1v) is 12.1. The summed E-state index contributed by atoms with van der Waals surface area (Å²) in [6.45, 7) is 1.15. The van der Waals surface area contributed by atoms with E-state index in [1.807, 2.05) is 11.9 Å². The third-order valence-electron chi connectivity index (χ3n) is 6.47. The maximum atomic E-state index is 13.2. The minimum absolute atomic E-state index is 0. The van der Waals surface area contributed by atoms with E-state index in [1.54, 1.807) is 13.2 Å². The molecule has 1 fully saturated rings. The SMILES string of the molecule is CN1CC(N(c2cnn(C)c2)S(=O)(=O)[N-]C(=O)Nc2c3c(cc4c2CCC4)CCC3)C1.[Na+]. The van der Waals surface area contributed by atoms with Crippen LogP contribution in [-0.4, -0.2) is 55.3 Å². The van der Waals surface area contributed by atoms with Gasteiger partial charge in [-0.15, -0.1) is 0 Å². The Morgan fingerprint density at radius 3 is 2.28 bits per heavy atom. The number of urea groups is 1. The molecule has 0 atom stereocenters. The van der Waals surface area contributed by atoms with Crippen molar-refractivity contribution in [3.05, 3.63) is 45.4 Å². The van der Waals surface area contributed by atoms with E-state index >= 15 is 0 Å². The van der Waals surface area contributed by atoms with E-state index in [9.17, 15) is 13.2 Å². The number of hydrogen-bond donors (Lipinski definition) is 1. The van der Waals surface area contributed by atoms with Gasteiger partial charge in [0, 0.05) is 26.3 Å². The molecular formula is C21H27N6NaO3S. The van der Waals surface area contributed by atoms with E-state index in [0.29, 0.717) is 18.8 Å². The van der Waals surface area contributed by atoms with Gasteiger partial charge in [0.2, 0.25) is 0 Å². The Bertz CT molecular complexity index is 1110. The number of hydrogen-bond acceptors (Lipinski definition) is 5. The minimum atomic E-state index is -4.23. The number of nitrogens with zero attached hydrogens (tertiary/aromatic N) is 5. The molecule has 9 nitrogen and oxygen atoms in total. The van der Waals surface area contributed by atoms with E-state index in [-0.39, 0.29) is 35.6 Å². The van der Waals surface area contributed by atoms with Crippen molar-refractivity contribution < 1.29 is 42.8 Å². The van der Waals surface area contributed by atoms with Crippen LogP contribution in [0, 0.1) is 0 Å². The summed E-state index contributed by atoms with van der Waals surface area (Å²) >= 11 is 0. The fourth-order valence-corrected chi connectivity index (χ4v) is 6.33. The van der Waals surface area contributed by atoms with Crippen molar-refractivity contribution in [1.82, 2.24) is 14.7 Å². The van der Waals surface area contributed by atoms with Crippen LogP contribution < -0.4 is 39.2 Å². The van der Waals surface area contributed by atoms with Crippen molar-refractivity contribution in [3.63, 3.8) is 0 Å². The van der Waals surface area contributed by atoms with Crippen LogP contribution >= 0.6 is 0 Å². The fourth-order valence-electron chi connectivity index (χ4n) is 5.11. The van der Waals surface area contributed by atoms with Gasteiger partial charge in [-0.3, -0.25) is 13.8 Å². The van der Waals surface area contributed by atoms with Gasteiger partial charge in [-0.25, -0.2) is 8.42 Å². The summed E-state index contributed by atoms with van der Waals surface area (Å²) in [5.41, 5.74) is 6.04. The molecule has 32 heavy (non-hydrogen) atoms. The van der Waals surface area contributed by atoms with Crippen LogP contribution in [0.3, 0.4) is 0 Å². The van der Waals surface area contributed by atoms with E-state index in [4.69, 9.17) is 0 Å². The zero-order chi connectivity index (χ0) is 21.8. The second-order valence-electron chi connectivity index (χ2n) is 8.78. The predicted molar refractivity (Wildman–Crippen MR) is 119 cm³/mol. The quantitative estimate of drug-likeness (QED) is 0.592. The van der Waals surface area contributed by atoms with E-state index in [1.165, 1.54) is 26.3 Å². The maximum Gasteiger partial charge on any atom is 1.00 e.